The minimum atomic E-state index is -0.634. The molecule has 2 aromatic carbocycles. The second kappa shape index (κ2) is 7.95. The smallest absolute Gasteiger partial charge is 0.349 e. The van der Waals surface area contributed by atoms with Crippen LogP contribution in [0.3, 0.4) is 0 Å². The van der Waals surface area contributed by atoms with Crippen molar-refractivity contribution in [3.8, 4) is 0 Å². The number of carbonyl (C=O) groups is 1. The van der Waals surface area contributed by atoms with Gasteiger partial charge in [0, 0.05) is 54.5 Å². The topological polar surface area (TPSA) is 65.8 Å². The molecule has 1 N–H and O–H groups in total. The van der Waals surface area contributed by atoms with Crippen LogP contribution in [0.2, 0.25) is 0 Å². The van der Waals surface area contributed by atoms with Gasteiger partial charge in [0.2, 0.25) is 0 Å². The molecule has 1 amide bonds. The largest absolute Gasteiger partial charge is 0.422 e. The number of anilines is 2. The zero-order valence-corrected chi connectivity index (χ0v) is 17.6. The number of amides is 1. The van der Waals surface area contributed by atoms with E-state index in [4.69, 9.17) is 4.42 Å². The molecule has 0 atom stereocenters. The van der Waals surface area contributed by atoms with E-state index in [0.717, 1.165) is 37.3 Å². The Morgan fingerprint density at radius 3 is 2.33 bits per heavy atom. The first-order valence-electron chi connectivity index (χ1n) is 10.3. The zero-order chi connectivity index (χ0) is 21.3. The SMILES string of the molecule is CC(C)(C)N1CCN(c2ccc3cc(C(=O)Nc4ccccc4)c(=O)oc3c2)CC1. The predicted octanol–water partition coefficient (Wildman–Crippen LogP) is 3.97. The normalized spacial score (nSPS) is 15.4. The molecule has 30 heavy (non-hydrogen) atoms. The van der Waals surface area contributed by atoms with Crippen molar-refractivity contribution in [3.05, 3.63) is 70.6 Å². The number of hydrogen-bond donors (Lipinski definition) is 1. The van der Waals surface area contributed by atoms with Gasteiger partial charge in [0.15, 0.2) is 0 Å². The van der Waals surface area contributed by atoms with Crippen molar-refractivity contribution in [1.29, 1.82) is 0 Å². The van der Waals surface area contributed by atoms with E-state index in [1.807, 2.05) is 36.4 Å². The Labute approximate surface area is 176 Å². The van der Waals surface area contributed by atoms with Crippen molar-refractivity contribution in [1.82, 2.24) is 4.90 Å². The van der Waals surface area contributed by atoms with Crippen molar-refractivity contribution < 1.29 is 9.21 Å². The fourth-order valence-electron chi connectivity index (χ4n) is 3.81. The number of fused-ring (bicyclic) bond motifs is 1. The van der Waals surface area contributed by atoms with Gasteiger partial charge < -0.3 is 14.6 Å². The first-order valence-corrected chi connectivity index (χ1v) is 10.3. The second-order valence-electron chi connectivity index (χ2n) is 8.63. The van der Waals surface area contributed by atoms with Crippen LogP contribution in [0.4, 0.5) is 11.4 Å². The molecule has 1 aromatic heterocycles. The molecule has 0 spiro atoms. The summed E-state index contributed by atoms with van der Waals surface area (Å²) in [5.74, 6) is -0.473. The van der Waals surface area contributed by atoms with Crippen molar-refractivity contribution in [3.63, 3.8) is 0 Å². The maximum absolute atomic E-state index is 12.5. The standard InChI is InChI=1S/C24H27N3O3/c1-24(2,3)27-13-11-26(12-14-27)19-10-9-17-15-20(23(29)30-21(17)16-19)22(28)25-18-7-5-4-6-8-18/h4-10,15-16H,11-14H2,1-3H3,(H,25,28). The van der Waals surface area contributed by atoms with Gasteiger partial charge >= 0.3 is 5.63 Å². The van der Waals surface area contributed by atoms with Crippen molar-refractivity contribution in [2.75, 3.05) is 36.4 Å². The fourth-order valence-corrected chi connectivity index (χ4v) is 3.81. The van der Waals surface area contributed by atoms with E-state index >= 15 is 0 Å². The number of carbonyl (C=O) groups excluding carboxylic acids is 1. The summed E-state index contributed by atoms with van der Waals surface area (Å²) in [7, 11) is 0. The molecular weight excluding hydrogens is 378 g/mol. The number of nitrogens with one attached hydrogen (secondary N) is 1. The molecule has 6 heteroatoms. The molecule has 1 aliphatic rings. The van der Waals surface area contributed by atoms with Crippen molar-refractivity contribution in [2.24, 2.45) is 0 Å². The van der Waals surface area contributed by atoms with Crippen LogP contribution in [0, 0.1) is 0 Å². The van der Waals surface area contributed by atoms with Gasteiger partial charge in [-0.25, -0.2) is 4.79 Å². The van der Waals surface area contributed by atoms with Crippen LogP contribution in [0.5, 0.6) is 0 Å². The molecule has 6 nitrogen and oxygen atoms in total. The fraction of sp³-hybridized carbons (Fsp3) is 0.333. The number of nitrogens with zero attached hydrogens (tertiary/aromatic N) is 2. The molecule has 1 aliphatic heterocycles. The maximum atomic E-state index is 12.5. The van der Waals surface area contributed by atoms with E-state index < -0.39 is 11.5 Å². The monoisotopic (exact) mass is 405 g/mol. The minimum absolute atomic E-state index is 0.00195. The molecule has 2 heterocycles. The highest BCUT2D eigenvalue weighted by atomic mass is 16.4. The Bertz CT molecular complexity index is 1110. The number of piperazine rings is 1. The summed E-state index contributed by atoms with van der Waals surface area (Å²) in [6, 6.07) is 16.5. The summed E-state index contributed by atoms with van der Waals surface area (Å²) in [6.45, 7) is 10.5. The van der Waals surface area contributed by atoms with Gasteiger partial charge in [0.05, 0.1) is 0 Å². The van der Waals surface area contributed by atoms with Crippen LogP contribution < -0.4 is 15.8 Å². The van der Waals surface area contributed by atoms with Crippen LogP contribution in [-0.2, 0) is 0 Å². The van der Waals surface area contributed by atoms with Gasteiger partial charge in [-0.05, 0) is 51.1 Å². The van der Waals surface area contributed by atoms with E-state index in [2.05, 4.69) is 35.9 Å². The molecule has 4 rings (SSSR count). The zero-order valence-electron chi connectivity index (χ0n) is 17.6. The van der Waals surface area contributed by atoms with Crippen molar-refractivity contribution >= 4 is 28.3 Å². The Hall–Kier alpha value is -3.12. The lowest BCUT2D eigenvalue weighted by Gasteiger charge is -2.43. The summed E-state index contributed by atoms with van der Waals surface area (Å²) in [6.07, 6.45) is 0. The highest BCUT2D eigenvalue weighted by Crippen LogP contribution is 2.25. The molecule has 0 bridgehead atoms. The van der Waals surface area contributed by atoms with Gasteiger partial charge in [-0.3, -0.25) is 9.69 Å². The Balaban J connectivity index is 1.54. The van der Waals surface area contributed by atoms with E-state index in [-0.39, 0.29) is 11.1 Å². The molecule has 0 aliphatic carbocycles. The van der Waals surface area contributed by atoms with Crippen LogP contribution >= 0.6 is 0 Å². The molecule has 0 radical (unpaired) electrons. The summed E-state index contributed by atoms with van der Waals surface area (Å²) < 4.78 is 5.51. The Morgan fingerprint density at radius 1 is 0.967 bits per heavy atom. The lowest BCUT2D eigenvalue weighted by molar-refractivity contribution is 0.102. The molecular formula is C24H27N3O3. The summed E-state index contributed by atoms with van der Waals surface area (Å²) >= 11 is 0. The average molecular weight is 405 g/mol. The number of para-hydroxylation sites is 1. The van der Waals surface area contributed by atoms with Gasteiger partial charge in [-0.1, -0.05) is 18.2 Å². The predicted molar refractivity (Wildman–Crippen MR) is 120 cm³/mol. The quantitative estimate of drug-likeness (QED) is 0.668. The summed E-state index contributed by atoms with van der Waals surface area (Å²) in [5.41, 5.74) is 1.68. The summed E-state index contributed by atoms with van der Waals surface area (Å²) in [4.78, 5) is 29.8. The number of hydrogen-bond acceptors (Lipinski definition) is 5. The average Bonchev–Trinajstić information content (AvgIpc) is 2.73. The molecule has 3 aromatic rings. The molecule has 156 valence electrons. The van der Waals surface area contributed by atoms with E-state index in [1.54, 1.807) is 18.2 Å². The maximum Gasteiger partial charge on any atom is 0.349 e. The van der Waals surface area contributed by atoms with E-state index in [9.17, 15) is 9.59 Å². The van der Waals surface area contributed by atoms with Gasteiger partial charge in [0.25, 0.3) is 5.91 Å². The number of benzene rings is 2. The van der Waals surface area contributed by atoms with Crippen molar-refractivity contribution in [2.45, 2.75) is 26.3 Å². The van der Waals surface area contributed by atoms with E-state index in [0.29, 0.717) is 11.3 Å². The van der Waals surface area contributed by atoms with Gasteiger partial charge in [-0.15, -0.1) is 0 Å². The summed E-state index contributed by atoms with van der Waals surface area (Å²) in [5, 5.41) is 3.46. The number of rotatable bonds is 3. The Kier molecular flexibility index (Phi) is 5.35. The molecule has 1 saturated heterocycles. The third-order valence-corrected chi connectivity index (χ3v) is 5.59. The highest BCUT2D eigenvalue weighted by molar-refractivity contribution is 6.05. The van der Waals surface area contributed by atoms with Crippen LogP contribution in [0.1, 0.15) is 31.1 Å². The molecule has 1 fully saturated rings. The lowest BCUT2D eigenvalue weighted by Crippen LogP contribution is -2.53. The first kappa shape index (κ1) is 20.2. The van der Waals surface area contributed by atoms with Gasteiger partial charge in [-0.2, -0.15) is 0 Å². The van der Waals surface area contributed by atoms with Gasteiger partial charge in [0.1, 0.15) is 11.1 Å². The minimum Gasteiger partial charge on any atom is -0.422 e. The van der Waals surface area contributed by atoms with Crippen LogP contribution in [-0.4, -0.2) is 42.5 Å². The molecule has 0 saturated carbocycles. The molecule has 0 unspecified atom stereocenters. The van der Waals surface area contributed by atoms with Crippen LogP contribution in [0.25, 0.3) is 11.0 Å². The third kappa shape index (κ3) is 4.24. The highest BCUT2D eigenvalue weighted by Gasteiger charge is 2.26. The Morgan fingerprint density at radius 2 is 1.67 bits per heavy atom. The second-order valence-corrected chi connectivity index (χ2v) is 8.63. The lowest BCUT2D eigenvalue weighted by atomic mass is 10.0. The third-order valence-electron chi connectivity index (χ3n) is 5.59. The van der Waals surface area contributed by atoms with Crippen LogP contribution in [0.15, 0.2) is 63.8 Å². The van der Waals surface area contributed by atoms with E-state index in [1.165, 1.54) is 0 Å². The first-order chi connectivity index (χ1) is 14.3.